The number of hydrogen-bond donors (Lipinski definition) is 1. The van der Waals surface area contributed by atoms with Crippen molar-refractivity contribution in [2.75, 3.05) is 31.6 Å². The van der Waals surface area contributed by atoms with Crippen LogP contribution in [-0.4, -0.2) is 48.7 Å². The molecule has 1 unspecified atom stereocenters. The standard InChI is InChI=1S/C14H19ClN2O2/c1-10-9-16(2)7-4-8-17(10)13-11(14(18)19)5-3-6-12(13)15/h3,5-6,10H,4,7-9H2,1-2H3,(H,18,19). The van der Waals surface area contributed by atoms with Crippen molar-refractivity contribution < 1.29 is 9.90 Å². The number of aromatic carboxylic acids is 1. The van der Waals surface area contributed by atoms with Gasteiger partial charge in [-0.25, -0.2) is 4.79 Å². The van der Waals surface area contributed by atoms with E-state index in [-0.39, 0.29) is 11.6 Å². The van der Waals surface area contributed by atoms with E-state index in [1.165, 1.54) is 0 Å². The summed E-state index contributed by atoms with van der Waals surface area (Å²) < 4.78 is 0. The normalized spacial score (nSPS) is 21.2. The Hall–Kier alpha value is -1.26. The Bertz CT molecular complexity index is 479. The Kier molecular flexibility index (Phi) is 4.32. The molecular formula is C14H19ClN2O2. The number of benzene rings is 1. The summed E-state index contributed by atoms with van der Waals surface area (Å²) in [6.45, 7) is 4.87. The zero-order valence-corrected chi connectivity index (χ0v) is 12.0. The third-order valence-corrected chi connectivity index (χ3v) is 3.86. The summed E-state index contributed by atoms with van der Waals surface area (Å²) in [5, 5.41) is 9.84. The monoisotopic (exact) mass is 282 g/mol. The van der Waals surface area contributed by atoms with Crippen LogP contribution in [0.25, 0.3) is 0 Å². The quantitative estimate of drug-likeness (QED) is 0.905. The number of anilines is 1. The van der Waals surface area contributed by atoms with Crippen molar-refractivity contribution in [2.45, 2.75) is 19.4 Å². The summed E-state index contributed by atoms with van der Waals surface area (Å²) in [5.41, 5.74) is 0.934. The second kappa shape index (κ2) is 5.80. The molecule has 1 aliphatic rings. The van der Waals surface area contributed by atoms with E-state index < -0.39 is 5.97 Å². The lowest BCUT2D eigenvalue weighted by Gasteiger charge is -2.31. The van der Waals surface area contributed by atoms with E-state index in [0.29, 0.717) is 10.7 Å². The lowest BCUT2D eigenvalue weighted by Crippen LogP contribution is -2.38. The van der Waals surface area contributed by atoms with Crippen molar-refractivity contribution in [1.82, 2.24) is 4.90 Å². The Morgan fingerprint density at radius 2 is 2.16 bits per heavy atom. The minimum absolute atomic E-state index is 0.241. The minimum atomic E-state index is -0.928. The first-order chi connectivity index (χ1) is 9.00. The highest BCUT2D eigenvalue weighted by molar-refractivity contribution is 6.34. The van der Waals surface area contributed by atoms with E-state index in [2.05, 4.69) is 23.8 Å². The van der Waals surface area contributed by atoms with Crippen LogP contribution in [0.4, 0.5) is 5.69 Å². The van der Waals surface area contributed by atoms with Gasteiger partial charge in [-0.2, -0.15) is 0 Å². The highest BCUT2D eigenvalue weighted by atomic mass is 35.5. The molecule has 0 bridgehead atoms. The molecule has 4 nitrogen and oxygen atoms in total. The van der Waals surface area contributed by atoms with Crippen LogP contribution in [0.3, 0.4) is 0 Å². The number of carboxylic acids is 1. The molecule has 0 aliphatic carbocycles. The number of carboxylic acid groups (broad SMARTS) is 1. The maximum atomic E-state index is 11.4. The fourth-order valence-corrected chi connectivity index (χ4v) is 2.97. The molecule has 1 fully saturated rings. The molecule has 0 saturated carbocycles. The van der Waals surface area contributed by atoms with E-state index in [4.69, 9.17) is 11.6 Å². The number of para-hydroxylation sites is 1. The van der Waals surface area contributed by atoms with Crippen molar-refractivity contribution in [2.24, 2.45) is 0 Å². The highest BCUT2D eigenvalue weighted by Gasteiger charge is 2.25. The van der Waals surface area contributed by atoms with Crippen molar-refractivity contribution in [1.29, 1.82) is 0 Å². The Morgan fingerprint density at radius 1 is 1.42 bits per heavy atom. The van der Waals surface area contributed by atoms with Gasteiger partial charge in [0.15, 0.2) is 0 Å². The maximum Gasteiger partial charge on any atom is 0.337 e. The summed E-state index contributed by atoms with van der Waals surface area (Å²) in [5.74, 6) is -0.928. The van der Waals surface area contributed by atoms with Gasteiger partial charge in [-0.15, -0.1) is 0 Å². The molecule has 0 radical (unpaired) electrons. The van der Waals surface area contributed by atoms with Crippen LogP contribution in [0, 0.1) is 0 Å². The van der Waals surface area contributed by atoms with Gasteiger partial charge < -0.3 is 14.9 Å². The Balaban J connectivity index is 2.42. The summed E-state index contributed by atoms with van der Waals surface area (Å²) in [6.07, 6.45) is 1.01. The molecule has 1 atom stereocenters. The first-order valence-corrected chi connectivity index (χ1v) is 6.85. The first-order valence-electron chi connectivity index (χ1n) is 6.47. The van der Waals surface area contributed by atoms with Gasteiger partial charge in [0.05, 0.1) is 16.3 Å². The Labute approximate surface area is 118 Å². The number of nitrogens with zero attached hydrogens (tertiary/aromatic N) is 2. The number of carbonyl (C=O) groups is 1. The lowest BCUT2D eigenvalue weighted by atomic mass is 10.1. The molecule has 1 heterocycles. The van der Waals surface area contributed by atoms with E-state index in [0.717, 1.165) is 26.1 Å². The van der Waals surface area contributed by atoms with Gasteiger partial charge in [-0.05, 0) is 39.1 Å². The van der Waals surface area contributed by atoms with Crippen LogP contribution in [0.1, 0.15) is 23.7 Å². The molecule has 0 amide bonds. The van der Waals surface area contributed by atoms with Crippen molar-refractivity contribution in [3.63, 3.8) is 0 Å². The van der Waals surface area contributed by atoms with Gasteiger partial charge in [0.25, 0.3) is 0 Å². The fourth-order valence-electron chi connectivity index (χ4n) is 2.68. The SMILES string of the molecule is CC1CN(C)CCCN1c1c(Cl)cccc1C(=O)O. The van der Waals surface area contributed by atoms with E-state index in [1.807, 2.05) is 0 Å². The Morgan fingerprint density at radius 3 is 2.84 bits per heavy atom. The highest BCUT2D eigenvalue weighted by Crippen LogP contribution is 2.32. The topological polar surface area (TPSA) is 43.8 Å². The average Bonchev–Trinajstić information content (AvgIpc) is 2.50. The van der Waals surface area contributed by atoms with Crippen LogP contribution in [0.2, 0.25) is 5.02 Å². The van der Waals surface area contributed by atoms with Crippen molar-refractivity contribution >= 4 is 23.3 Å². The van der Waals surface area contributed by atoms with Crippen LogP contribution in [-0.2, 0) is 0 Å². The molecule has 0 aromatic heterocycles. The van der Waals surface area contributed by atoms with Crippen LogP contribution in [0.15, 0.2) is 18.2 Å². The number of likely N-dealkylation sites (N-methyl/N-ethyl adjacent to an activating group) is 1. The van der Waals surface area contributed by atoms with Gasteiger partial charge in [-0.3, -0.25) is 0 Å². The molecule has 104 valence electrons. The second-order valence-electron chi connectivity index (χ2n) is 5.10. The predicted molar refractivity (Wildman–Crippen MR) is 77.3 cm³/mol. The second-order valence-corrected chi connectivity index (χ2v) is 5.51. The number of rotatable bonds is 2. The lowest BCUT2D eigenvalue weighted by molar-refractivity contribution is 0.0697. The molecule has 1 aromatic rings. The summed E-state index contributed by atoms with van der Waals surface area (Å²) >= 11 is 6.24. The molecule has 19 heavy (non-hydrogen) atoms. The molecule has 1 aromatic carbocycles. The van der Waals surface area contributed by atoms with Gasteiger partial charge in [-0.1, -0.05) is 17.7 Å². The zero-order valence-electron chi connectivity index (χ0n) is 11.3. The molecule has 1 N–H and O–H groups in total. The van der Waals surface area contributed by atoms with Gasteiger partial charge >= 0.3 is 5.97 Å². The van der Waals surface area contributed by atoms with Crippen LogP contribution >= 0.6 is 11.6 Å². The van der Waals surface area contributed by atoms with Crippen molar-refractivity contribution in [3.05, 3.63) is 28.8 Å². The first kappa shape index (κ1) is 14.2. The predicted octanol–water partition coefficient (Wildman–Crippen LogP) is 2.57. The summed E-state index contributed by atoms with van der Waals surface area (Å²) in [4.78, 5) is 15.8. The van der Waals surface area contributed by atoms with Crippen LogP contribution in [0.5, 0.6) is 0 Å². The molecule has 2 rings (SSSR count). The summed E-state index contributed by atoms with van der Waals surface area (Å²) in [6, 6.07) is 5.30. The molecule has 1 saturated heterocycles. The average molecular weight is 283 g/mol. The van der Waals surface area contributed by atoms with Gasteiger partial charge in [0.1, 0.15) is 0 Å². The van der Waals surface area contributed by atoms with Crippen LogP contribution < -0.4 is 4.90 Å². The smallest absolute Gasteiger partial charge is 0.337 e. The number of halogens is 1. The largest absolute Gasteiger partial charge is 0.478 e. The van der Waals surface area contributed by atoms with E-state index >= 15 is 0 Å². The molecule has 0 spiro atoms. The van der Waals surface area contributed by atoms with E-state index in [9.17, 15) is 9.90 Å². The van der Waals surface area contributed by atoms with Gasteiger partial charge in [0.2, 0.25) is 0 Å². The molecular weight excluding hydrogens is 264 g/mol. The van der Waals surface area contributed by atoms with Crippen molar-refractivity contribution in [3.8, 4) is 0 Å². The fraction of sp³-hybridized carbons (Fsp3) is 0.500. The summed E-state index contributed by atoms with van der Waals surface area (Å²) in [7, 11) is 2.09. The molecule has 5 heteroatoms. The maximum absolute atomic E-state index is 11.4. The zero-order chi connectivity index (χ0) is 14.0. The minimum Gasteiger partial charge on any atom is -0.478 e. The van der Waals surface area contributed by atoms with E-state index in [1.54, 1.807) is 18.2 Å². The number of hydrogen-bond acceptors (Lipinski definition) is 3. The molecule has 1 aliphatic heterocycles. The third kappa shape index (κ3) is 3.01. The van der Waals surface area contributed by atoms with Gasteiger partial charge in [0, 0.05) is 19.1 Å². The third-order valence-electron chi connectivity index (χ3n) is 3.55.